The smallest absolute Gasteiger partial charge is 0.317 e. The average Bonchev–Trinajstić information content (AvgIpc) is 2.80. The topological polar surface area (TPSA) is 208 Å². The van der Waals surface area contributed by atoms with Gasteiger partial charge in [0.2, 0.25) is 0 Å². The van der Waals surface area contributed by atoms with Crippen LogP contribution >= 0.6 is 12.2 Å². The molecule has 1 aromatic carbocycles. The van der Waals surface area contributed by atoms with Gasteiger partial charge in [-0.3, -0.25) is 38.7 Å². The summed E-state index contributed by atoms with van der Waals surface area (Å²) in [5, 5.41) is 49.7. The number of nitrogens with one attached hydrogen (secondary N) is 1. The van der Waals surface area contributed by atoms with E-state index in [-0.39, 0.29) is 31.5 Å². The second-order valence-electron chi connectivity index (χ2n) is 10.6. The zero-order valence-electron chi connectivity index (χ0n) is 23.3. The number of benzene rings is 1. The van der Waals surface area contributed by atoms with Crippen LogP contribution in [0.2, 0.25) is 0 Å². The van der Waals surface area contributed by atoms with Crippen LogP contribution in [0.1, 0.15) is 26.3 Å². The molecule has 1 unspecified atom stereocenters. The Labute approximate surface area is 243 Å². The molecule has 0 spiro atoms. The molecular weight excluding hydrogens is 560 g/mol. The summed E-state index contributed by atoms with van der Waals surface area (Å²) in [6.07, 6.45) is 0.161. The van der Waals surface area contributed by atoms with Crippen molar-refractivity contribution in [3.8, 4) is 0 Å². The summed E-state index contributed by atoms with van der Waals surface area (Å²) in [4.78, 5) is 61.4. The SMILES string of the molecule is CC(C)(C)C(=S)Nc1ccc(CC(CN(CCN(CC(=O)O)CC(=O)O)CC(=O)O)N(CC(=O)O)CC(=O)O)cc1. The van der Waals surface area contributed by atoms with Gasteiger partial charge in [0.15, 0.2) is 0 Å². The average molecular weight is 599 g/mol. The molecule has 1 atom stereocenters. The Morgan fingerprint density at radius 3 is 1.56 bits per heavy atom. The predicted octanol–water partition coefficient (Wildman–Crippen LogP) is 0.712. The molecule has 14 nitrogen and oxygen atoms in total. The fourth-order valence-corrected chi connectivity index (χ4v) is 4.01. The van der Waals surface area contributed by atoms with Gasteiger partial charge in [-0.25, -0.2) is 0 Å². The number of aliphatic carboxylic acids is 5. The number of carbonyl (C=O) groups is 5. The van der Waals surface area contributed by atoms with Gasteiger partial charge in [0.05, 0.1) is 37.7 Å². The Morgan fingerprint density at radius 1 is 0.732 bits per heavy atom. The van der Waals surface area contributed by atoms with Crippen molar-refractivity contribution >= 4 is 52.7 Å². The Bertz CT molecular complexity index is 1060. The molecule has 0 aliphatic carbocycles. The standard InChI is InChI=1S/C26H38N4O10S/c1-26(2,3)25(41)27-18-6-4-17(5-7-18)10-19(30(15-23(37)38)16-24(39)40)11-28(12-20(31)32)8-9-29(13-21(33)34)14-22(35)36/h4-7,19H,8-16H2,1-3H3,(H,27,41)(H,31,32)(H,33,34)(H,35,36)(H,37,38)(H,39,40). The number of rotatable bonds is 19. The maximum absolute atomic E-state index is 11.6. The van der Waals surface area contributed by atoms with Crippen LogP contribution in [0.5, 0.6) is 0 Å². The summed E-state index contributed by atoms with van der Waals surface area (Å²) < 4.78 is 0. The van der Waals surface area contributed by atoms with E-state index in [1.165, 1.54) is 9.80 Å². The number of nitrogens with zero attached hydrogens (tertiary/aromatic N) is 3. The highest BCUT2D eigenvalue weighted by Gasteiger charge is 2.27. The lowest BCUT2D eigenvalue weighted by Crippen LogP contribution is -2.51. The summed E-state index contributed by atoms with van der Waals surface area (Å²) in [6, 6.07) is 6.30. The first kappa shape index (κ1) is 35.4. The number of carboxylic acid groups (broad SMARTS) is 5. The fraction of sp³-hybridized carbons (Fsp3) is 0.538. The molecule has 41 heavy (non-hydrogen) atoms. The van der Waals surface area contributed by atoms with Crippen molar-refractivity contribution in [1.82, 2.24) is 14.7 Å². The van der Waals surface area contributed by atoms with Crippen LogP contribution in [0.25, 0.3) is 0 Å². The summed E-state index contributed by atoms with van der Waals surface area (Å²) >= 11 is 5.41. The van der Waals surface area contributed by atoms with E-state index in [9.17, 15) is 39.3 Å². The van der Waals surface area contributed by atoms with Crippen LogP contribution in [0, 0.1) is 5.41 Å². The first-order valence-electron chi connectivity index (χ1n) is 12.6. The number of thiocarbonyl (C=S) groups is 1. The number of hydrogen-bond donors (Lipinski definition) is 6. The summed E-state index contributed by atoms with van der Waals surface area (Å²) in [6.45, 7) is 2.70. The highest BCUT2D eigenvalue weighted by molar-refractivity contribution is 7.80. The first-order chi connectivity index (χ1) is 19.0. The molecule has 0 fully saturated rings. The minimum Gasteiger partial charge on any atom is -0.480 e. The van der Waals surface area contributed by atoms with Crippen LogP contribution < -0.4 is 5.32 Å². The molecule has 0 aromatic heterocycles. The highest BCUT2D eigenvalue weighted by atomic mass is 32.1. The van der Waals surface area contributed by atoms with E-state index in [0.29, 0.717) is 4.99 Å². The second-order valence-corrected chi connectivity index (χ2v) is 11.0. The normalized spacial score (nSPS) is 12.3. The van der Waals surface area contributed by atoms with Gasteiger partial charge in [-0.2, -0.15) is 0 Å². The lowest BCUT2D eigenvalue weighted by Gasteiger charge is -2.34. The monoisotopic (exact) mass is 598 g/mol. The zero-order chi connectivity index (χ0) is 31.3. The quantitative estimate of drug-likeness (QED) is 0.121. The maximum atomic E-state index is 11.6. The molecular formula is C26H38N4O10S. The van der Waals surface area contributed by atoms with Crippen molar-refractivity contribution < 1.29 is 49.5 Å². The van der Waals surface area contributed by atoms with Crippen molar-refractivity contribution in [2.24, 2.45) is 5.41 Å². The molecule has 0 amide bonds. The van der Waals surface area contributed by atoms with Crippen LogP contribution in [0.15, 0.2) is 24.3 Å². The Balaban J connectivity index is 3.26. The largest absolute Gasteiger partial charge is 0.480 e. The fourth-order valence-electron chi connectivity index (χ4n) is 3.89. The maximum Gasteiger partial charge on any atom is 0.317 e. The molecule has 0 heterocycles. The molecule has 228 valence electrons. The van der Waals surface area contributed by atoms with Gasteiger partial charge >= 0.3 is 29.8 Å². The van der Waals surface area contributed by atoms with Crippen LogP contribution in [-0.2, 0) is 30.4 Å². The summed E-state index contributed by atoms with van der Waals surface area (Å²) in [7, 11) is 0. The van der Waals surface area contributed by atoms with E-state index in [1.54, 1.807) is 24.3 Å². The van der Waals surface area contributed by atoms with Gasteiger partial charge in [0.1, 0.15) is 0 Å². The molecule has 6 N–H and O–H groups in total. The van der Waals surface area contributed by atoms with Crippen molar-refractivity contribution in [1.29, 1.82) is 0 Å². The third-order valence-corrected chi connectivity index (χ3v) is 6.55. The van der Waals surface area contributed by atoms with Gasteiger partial charge in [0, 0.05) is 36.8 Å². The van der Waals surface area contributed by atoms with Crippen LogP contribution in [-0.4, -0.2) is 133 Å². The van der Waals surface area contributed by atoms with E-state index in [0.717, 1.165) is 16.2 Å². The number of hydrogen-bond acceptors (Lipinski definition) is 9. The highest BCUT2D eigenvalue weighted by Crippen LogP contribution is 2.20. The zero-order valence-corrected chi connectivity index (χ0v) is 24.1. The molecule has 0 radical (unpaired) electrons. The molecule has 15 heteroatoms. The van der Waals surface area contributed by atoms with Crippen molar-refractivity contribution in [2.45, 2.75) is 33.2 Å². The second kappa shape index (κ2) is 16.6. The lowest BCUT2D eigenvalue weighted by atomic mass is 9.96. The van der Waals surface area contributed by atoms with Crippen molar-refractivity contribution in [2.75, 3.05) is 57.7 Å². The lowest BCUT2D eigenvalue weighted by molar-refractivity contribution is -0.144. The van der Waals surface area contributed by atoms with Crippen LogP contribution in [0.4, 0.5) is 5.69 Å². The van der Waals surface area contributed by atoms with E-state index in [1.807, 2.05) is 20.8 Å². The van der Waals surface area contributed by atoms with Gasteiger partial charge in [0.25, 0.3) is 0 Å². The molecule has 0 aliphatic rings. The minimum atomic E-state index is -1.27. The van der Waals surface area contributed by atoms with Gasteiger partial charge in [-0.1, -0.05) is 45.1 Å². The van der Waals surface area contributed by atoms with E-state index in [4.69, 9.17) is 22.4 Å². The van der Waals surface area contributed by atoms with Gasteiger partial charge < -0.3 is 30.8 Å². The third-order valence-electron chi connectivity index (χ3n) is 5.84. The van der Waals surface area contributed by atoms with Crippen molar-refractivity contribution in [3.05, 3.63) is 29.8 Å². The minimum absolute atomic E-state index is 0.0650. The Morgan fingerprint density at radius 2 is 1.15 bits per heavy atom. The van der Waals surface area contributed by atoms with Gasteiger partial charge in [-0.15, -0.1) is 0 Å². The van der Waals surface area contributed by atoms with E-state index < -0.39 is 68.6 Å². The molecule has 0 aliphatic heterocycles. The summed E-state index contributed by atoms with van der Waals surface area (Å²) in [5.74, 6) is -6.29. The summed E-state index contributed by atoms with van der Waals surface area (Å²) in [5.41, 5.74) is 1.19. The Hall–Kier alpha value is -3.66. The molecule has 0 saturated carbocycles. The predicted molar refractivity (Wildman–Crippen MR) is 152 cm³/mol. The number of anilines is 1. The van der Waals surface area contributed by atoms with Crippen LogP contribution in [0.3, 0.4) is 0 Å². The van der Waals surface area contributed by atoms with Gasteiger partial charge in [-0.05, 0) is 24.1 Å². The third kappa shape index (κ3) is 15.1. The molecule has 0 bridgehead atoms. The van der Waals surface area contributed by atoms with E-state index >= 15 is 0 Å². The molecule has 1 rings (SSSR count). The molecule has 1 aromatic rings. The van der Waals surface area contributed by atoms with E-state index in [2.05, 4.69) is 5.32 Å². The Kier molecular flexibility index (Phi) is 14.3. The first-order valence-corrected chi connectivity index (χ1v) is 13.0. The molecule has 0 saturated heterocycles. The number of carboxylic acids is 5. The van der Waals surface area contributed by atoms with Crippen molar-refractivity contribution in [3.63, 3.8) is 0 Å².